The molecule has 2 N–H and O–H groups in total. The highest BCUT2D eigenvalue weighted by molar-refractivity contribution is 7.20. The summed E-state index contributed by atoms with van der Waals surface area (Å²) in [5.74, 6) is -0.572. The van der Waals surface area contributed by atoms with Crippen LogP contribution in [0.3, 0.4) is 0 Å². The number of allylic oxidation sites excluding steroid dienone is 2. The van der Waals surface area contributed by atoms with Gasteiger partial charge in [-0.25, -0.2) is 0 Å². The van der Waals surface area contributed by atoms with Gasteiger partial charge in [-0.05, 0) is 51.1 Å². The van der Waals surface area contributed by atoms with Crippen LogP contribution in [-0.2, 0) is 9.59 Å². The summed E-state index contributed by atoms with van der Waals surface area (Å²) in [6, 6.07) is 11.0. The predicted octanol–water partition coefficient (Wildman–Crippen LogP) is 3.41. The lowest BCUT2D eigenvalue weighted by Gasteiger charge is -2.09. The number of benzene rings is 1. The van der Waals surface area contributed by atoms with Crippen LogP contribution >= 0.6 is 11.3 Å². The van der Waals surface area contributed by atoms with E-state index >= 15 is 0 Å². The maximum Gasteiger partial charge on any atom is 0.255 e. The van der Waals surface area contributed by atoms with Crippen LogP contribution in [0, 0.1) is 0 Å². The van der Waals surface area contributed by atoms with Gasteiger partial charge >= 0.3 is 0 Å². The Hall–Kier alpha value is -3.38. The van der Waals surface area contributed by atoms with Crippen LogP contribution in [0.25, 0.3) is 21.7 Å². The van der Waals surface area contributed by atoms with Crippen molar-refractivity contribution in [1.82, 2.24) is 5.32 Å². The number of thiophene rings is 1. The SMILES string of the molecule is C=CC(/C=C(\C(C)=O)C(=O)NC(C)C)=c1\cc/c(=C\c2sc3ccccc3c2O)o1. The van der Waals surface area contributed by atoms with Crippen LogP contribution in [0.4, 0.5) is 0 Å². The summed E-state index contributed by atoms with van der Waals surface area (Å²) in [4.78, 5) is 25.0. The first-order chi connectivity index (χ1) is 14.3. The van der Waals surface area contributed by atoms with Crippen molar-refractivity contribution >= 4 is 44.8 Å². The number of Topliss-reactive ketones (excluding diaryl/α,β-unsaturated/α-hetero) is 1. The largest absolute Gasteiger partial charge is 0.506 e. The zero-order chi connectivity index (χ0) is 21.8. The molecule has 0 saturated carbocycles. The Morgan fingerprint density at radius 1 is 1.20 bits per heavy atom. The third-order valence-corrected chi connectivity index (χ3v) is 5.45. The van der Waals surface area contributed by atoms with Crippen LogP contribution in [0.1, 0.15) is 25.6 Å². The molecule has 0 bridgehead atoms. The molecule has 1 aromatic carbocycles. The number of nitrogens with one attached hydrogen (secondary N) is 1. The van der Waals surface area contributed by atoms with Gasteiger partial charge in [0, 0.05) is 27.8 Å². The standard InChI is InChI=1S/C24H23NO4S/c1-5-16(12-19(15(4)26)24(28)25-14(2)3)20-11-10-17(29-20)13-22-23(27)18-8-6-7-9-21(18)30-22/h5-14,27H,1H2,2-4H3,(H,25,28)/b17-13+,19-12+,20-16-. The van der Waals surface area contributed by atoms with E-state index in [1.807, 2.05) is 38.1 Å². The van der Waals surface area contributed by atoms with Crippen molar-refractivity contribution in [3.63, 3.8) is 0 Å². The first-order valence-electron chi connectivity index (χ1n) is 9.48. The molecule has 0 aliphatic rings. The van der Waals surface area contributed by atoms with E-state index in [1.165, 1.54) is 30.4 Å². The highest BCUT2D eigenvalue weighted by atomic mass is 32.1. The molecule has 2 aromatic heterocycles. The number of carbonyl (C=O) groups is 2. The summed E-state index contributed by atoms with van der Waals surface area (Å²) < 4.78 is 6.86. The fourth-order valence-electron chi connectivity index (χ4n) is 2.92. The van der Waals surface area contributed by atoms with E-state index in [9.17, 15) is 14.7 Å². The monoisotopic (exact) mass is 421 g/mol. The lowest BCUT2D eigenvalue weighted by molar-refractivity contribution is -0.122. The van der Waals surface area contributed by atoms with Crippen LogP contribution < -0.4 is 16.1 Å². The summed E-state index contributed by atoms with van der Waals surface area (Å²) in [5, 5.41) is 14.0. The Balaban J connectivity index is 2.07. The molecular weight excluding hydrogens is 398 g/mol. The van der Waals surface area contributed by atoms with E-state index < -0.39 is 5.91 Å². The zero-order valence-corrected chi connectivity index (χ0v) is 17.9. The minimum Gasteiger partial charge on any atom is -0.506 e. The molecular formula is C24H23NO4S. The minimum absolute atomic E-state index is 0.0303. The predicted molar refractivity (Wildman–Crippen MR) is 121 cm³/mol. The normalized spacial score (nSPS) is 13.6. The first kappa shape index (κ1) is 21.3. The zero-order valence-electron chi connectivity index (χ0n) is 17.1. The number of aromatic hydroxyl groups is 1. The molecule has 1 amide bonds. The number of rotatable bonds is 6. The van der Waals surface area contributed by atoms with Crippen LogP contribution in [0.5, 0.6) is 5.75 Å². The molecule has 0 fully saturated rings. The van der Waals surface area contributed by atoms with Crippen molar-refractivity contribution in [2.24, 2.45) is 0 Å². The molecule has 0 unspecified atom stereocenters. The van der Waals surface area contributed by atoms with Crippen molar-refractivity contribution in [2.75, 3.05) is 0 Å². The minimum atomic E-state index is -0.439. The van der Waals surface area contributed by atoms with Crippen molar-refractivity contribution in [3.8, 4) is 5.75 Å². The molecule has 2 heterocycles. The number of hydrogen-bond acceptors (Lipinski definition) is 5. The quantitative estimate of drug-likeness (QED) is 0.363. The van der Waals surface area contributed by atoms with Crippen LogP contribution in [0.15, 0.2) is 65.1 Å². The number of carbonyl (C=O) groups excluding carboxylic acids is 2. The molecule has 0 atom stereocenters. The average molecular weight is 422 g/mol. The number of fused-ring (bicyclic) bond motifs is 1. The number of hydrogen-bond donors (Lipinski definition) is 2. The van der Waals surface area contributed by atoms with Gasteiger partial charge in [0.2, 0.25) is 0 Å². The topological polar surface area (TPSA) is 79.5 Å². The third-order valence-electron chi connectivity index (χ3n) is 4.34. The van der Waals surface area contributed by atoms with E-state index in [0.29, 0.717) is 21.3 Å². The summed E-state index contributed by atoms with van der Waals surface area (Å²) in [7, 11) is 0. The summed E-state index contributed by atoms with van der Waals surface area (Å²) >= 11 is 1.46. The van der Waals surface area contributed by atoms with Gasteiger partial charge in [-0.15, -0.1) is 11.3 Å². The number of amides is 1. The molecule has 0 aliphatic heterocycles. The van der Waals surface area contributed by atoms with Crippen molar-refractivity contribution in [1.29, 1.82) is 0 Å². The second kappa shape index (κ2) is 8.97. The molecule has 0 radical (unpaired) electrons. The van der Waals surface area contributed by atoms with Gasteiger partial charge in [0.1, 0.15) is 16.6 Å². The number of furan rings is 1. The Kier molecular flexibility index (Phi) is 6.37. The lowest BCUT2D eigenvalue weighted by atomic mass is 10.1. The maximum absolute atomic E-state index is 12.3. The van der Waals surface area contributed by atoms with E-state index in [-0.39, 0.29) is 23.1 Å². The van der Waals surface area contributed by atoms with E-state index in [4.69, 9.17) is 4.42 Å². The molecule has 154 valence electrons. The smallest absolute Gasteiger partial charge is 0.255 e. The molecule has 0 saturated heterocycles. The van der Waals surface area contributed by atoms with Gasteiger partial charge < -0.3 is 14.8 Å². The lowest BCUT2D eigenvalue weighted by Crippen LogP contribution is -2.33. The molecule has 5 nitrogen and oxygen atoms in total. The molecule has 0 aliphatic carbocycles. The second-order valence-corrected chi connectivity index (χ2v) is 8.14. The molecule has 3 rings (SSSR count). The van der Waals surface area contributed by atoms with Crippen LogP contribution in [0.2, 0.25) is 0 Å². The molecule has 3 aromatic rings. The molecule has 0 spiro atoms. The van der Waals surface area contributed by atoms with Gasteiger partial charge in [0.05, 0.1) is 10.5 Å². The highest BCUT2D eigenvalue weighted by Crippen LogP contribution is 2.36. The van der Waals surface area contributed by atoms with Gasteiger partial charge in [-0.2, -0.15) is 0 Å². The summed E-state index contributed by atoms with van der Waals surface area (Å²) in [5.41, 5.74) is 1.55. The maximum atomic E-state index is 12.3. The van der Waals surface area contributed by atoms with Gasteiger partial charge in [0.25, 0.3) is 5.91 Å². The fraction of sp³-hybridized carbons (Fsp3) is 0.167. The molecule has 30 heavy (non-hydrogen) atoms. The summed E-state index contributed by atoms with van der Waals surface area (Å²) in [6.45, 7) is 8.77. The van der Waals surface area contributed by atoms with E-state index in [0.717, 1.165) is 10.1 Å². The average Bonchev–Trinajstić information content (AvgIpc) is 3.27. The van der Waals surface area contributed by atoms with Gasteiger partial charge in [-0.1, -0.05) is 24.8 Å². The Bertz CT molecular complexity index is 1270. The van der Waals surface area contributed by atoms with Crippen molar-refractivity contribution in [3.05, 3.63) is 76.4 Å². The van der Waals surface area contributed by atoms with Crippen molar-refractivity contribution in [2.45, 2.75) is 26.8 Å². The first-order valence-corrected chi connectivity index (χ1v) is 10.3. The van der Waals surface area contributed by atoms with Crippen molar-refractivity contribution < 1.29 is 19.1 Å². The Morgan fingerprint density at radius 2 is 1.93 bits per heavy atom. The number of ketones is 1. The van der Waals surface area contributed by atoms with Gasteiger partial charge in [0.15, 0.2) is 5.78 Å². The molecule has 6 heteroatoms. The van der Waals surface area contributed by atoms with Crippen LogP contribution in [-0.4, -0.2) is 22.8 Å². The Morgan fingerprint density at radius 3 is 2.57 bits per heavy atom. The van der Waals surface area contributed by atoms with Gasteiger partial charge in [-0.3, -0.25) is 9.59 Å². The second-order valence-electron chi connectivity index (χ2n) is 7.06. The highest BCUT2D eigenvalue weighted by Gasteiger charge is 2.16. The third kappa shape index (κ3) is 4.60. The summed E-state index contributed by atoms with van der Waals surface area (Å²) in [6.07, 6.45) is 4.77. The fourth-order valence-corrected chi connectivity index (χ4v) is 3.96. The van der Waals surface area contributed by atoms with E-state index in [2.05, 4.69) is 11.9 Å². The van der Waals surface area contributed by atoms with E-state index in [1.54, 1.807) is 18.2 Å². The Labute approximate surface area is 178 Å².